The van der Waals surface area contributed by atoms with Gasteiger partial charge in [0.25, 0.3) is 5.91 Å². The molecule has 10 nitrogen and oxygen atoms in total. The van der Waals surface area contributed by atoms with Crippen LogP contribution < -0.4 is 19.8 Å². The van der Waals surface area contributed by atoms with Crippen LogP contribution in [-0.2, 0) is 10.0 Å². The lowest BCUT2D eigenvalue weighted by Gasteiger charge is -2.29. The van der Waals surface area contributed by atoms with E-state index in [0.717, 1.165) is 31.6 Å². The van der Waals surface area contributed by atoms with E-state index in [4.69, 9.17) is 0 Å². The van der Waals surface area contributed by atoms with Crippen molar-refractivity contribution in [2.24, 2.45) is 0 Å². The van der Waals surface area contributed by atoms with E-state index in [0.29, 0.717) is 28.0 Å². The largest absolute Gasteiger partial charge is 0.326 e. The molecule has 0 saturated carbocycles. The number of aromatic nitrogens is 2. The fourth-order valence-corrected chi connectivity index (χ4v) is 6.47. The first kappa shape index (κ1) is 23.7. The van der Waals surface area contributed by atoms with E-state index in [2.05, 4.69) is 24.9 Å². The Balaban J connectivity index is 1.34. The third-order valence-corrected chi connectivity index (χ3v) is 8.82. The summed E-state index contributed by atoms with van der Waals surface area (Å²) in [5, 5.41) is 5.02. The highest BCUT2D eigenvalue weighted by molar-refractivity contribution is 7.89. The maximum Gasteiger partial charge on any atom is 0.270 e. The van der Waals surface area contributed by atoms with Crippen molar-refractivity contribution in [3.8, 4) is 0 Å². The number of nitrogens with zero attached hydrogens (tertiary/aromatic N) is 5. The number of piperidine rings is 1. The molecule has 2 aromatic heterocycles. The van der Waals surface area contributed by atoms with Crippen LogP contribution in [0.1, 0.15) is 22.5 Å². The Hall–Kier alpha value is -3.06. The maximum absolute atomic E-state index is 12.8. The molecule has 35 heavy (non-hydrogen) atoms. The highest BCUT2D eigenvalue weighted by Crippen LogP contribution is 2.40. The van der Waals surface area contributed by atoms with Crippen LogP contribution in [0, 0.1) is 0 Å². The summed E-state index contributed by atoms with van der Waals surface area (Å²) in [5.41, 5.74) is 2.05. The van der Waals surface area contributed by atoms with E-state index >= 15 is 0 Å². The molecule has 1 amide bonds. The first-order valence-corrected chi connectivity index (χ1v) is 13.6. The lowest BCUT2D eigenvalue weighted by atomic mass is 10.1. The number of carbonyl (C=O) groups excluding carboxylic acids is 1. The normalized spacial score (nSPS) is 17.2. The Bertz CT molecular complexity index is 1350. The minimum atomic E-state index is -3.60. The van der Waals surface area contributed by atoms with Crippen LogP contribution in [0.15, 0.2) is 46.8 Å². The fourth-order valence-electron chi connectivity index (χ4n) is 4.27. The molecule has 5 rings (SSSR count). The van der Waals surface area contributed by atoms with Gasteiger partial charge in [-0.2, -0.15) is 4.98 Å². The molecule has 0 bridgehead atoms. The first-order chi connectivity index (χ1) is 16.7. The molecule has 2 aliphatic rings. The monoisotopic (exact) mass is 513 g/mol. The minimum absolute atomic E-state index is 0.0484. The highest BCUT2D eigenvalue weighted by atomic mass is 32.2. The van der Waals surface area contributed by atoms with Crippen molar-refractivity contribution >= 4 is 56.1 Å². The lowest BCUT2D eigenvalue weighted by molar-refractivity contribution is 0.0998. The zero-order valence-corrected chi connectivity index (χ0v) is 21.4. The molecule has 0 radical (unpaired) electrons. The second-order valence-corrected chi connectivity index (χ2v) is 11.4. The van der Waals surface area contributed by atoms with E-state index in [1.807, 2.05) is 30.4 Å². The lowest BCUT2D eigenvalue weighted by Crippen LogP contribution is -2.43. The standard InChI is InChI=1S/C23H27N7O3S2/c1-28-11-8-16(9-12-28)27-35(32,33)17-6-4-15(5-7-17)25-23-24-14-19-21(26-23)29(2)18-10-13-34-20(18)22(31)30(19)3/h4-7,10,13-14,16,27H,8-9,11-12H2,1-3H3,(H,24,25,26). The number of thiophene rings is 1. The van der Waals surface area contributed by atoms with Crippen LogP contribution in [0.4, 0.5) is 28.8 Å². The molecule has 2 aliphatic heterocycles. The van der Waals surface area contributed by atoms with E-state index in [-0.39, 0.29) is 16.8 Å². The molecular weight excluding hydrogens is 486 g/mol. The predicted octanol–water partition coefficient (Wildman–Crippen LogP) is 3.01. The van der Waals surface area contributed by atoms with Crippen LogP contribution in [0.3, 0.4) is 0 Å². The molecular formula is C23H27N7O3S2. The number of hydrogen-bond donors (Lipinski definition) is 2. The Morgan fingerprint density at radius 2 is 1.71 bits per heavy atom. The average molecular weight is 514 g/mol. The highest BCUT2D eigenvalue weighted by Gasteiger charge is 2.30. The Kier molecular flexibility index (Phi) is 6.21. The van der Waals surface area contributed by atoms with E-state index in [9.17, 15) is 13.2 Å². The number of hydrogen-bond acceptors (Lipinski definition) is 9. The van der Waals surface area contributed by atoms with Gasteiger partial charge in [-0.3, -0.25) is 4.79 Å². The number of fused-ring (bicyclic) bond motifs is 2. The molecule has 12 heteroatoms. The van der Waals surface area contributed by atoms with Crippen LogP contribution in [0.2, 0.25) is 0 Å². The molecule has 0 unspecified atom stereocenters. The number of amides is 1. The van der Waals surface area contributed by atoms with Gasteiger partial charge in [0.2, 0.25) is 16.0 Å². The summed E-state index contributed by atoms with van der Waals surface area (Å²) in [5.74, 6) is 0.836. The summed E-state index contributed by atoms with van der Waals surface area (Å²) < 4.78 is 28.4. The van der Waals surface area contributed by atoms with Crippen molar-refractivity contribution < 1.29 is 13.2 Å². The molecule has 1 aromatic carbocycles. The van der Waals surface area contributed by atoms with E-state index in [1.165, 1.54) is 11.3 Å². The number of likely N-dealkylation sites (tertiary alicyclic amines) is 1. The third kappa shape index (κ3) is 4.61. The van der Waals surface area contributed by atoms with Gasteiger partial charge in [-0.15, -0.1) is 11.3 Å². The second kappa shape index (κ2) is 9.19. The summed E-state index contributed by atoms with van der Waals surface area (Å²) in [7, 11) is 2.02. The van der Waals surface area contributed by atoms with Gasteiger partial charge in [0.15, 0.2) is 5.82 Å². The van der Waals surface area contributed by atoms with Crippen molar-refractivity contribution in [2.75, 3.05) is 49.3 Å². The molecule has 0 aliphatic carbocycles. The van der Waals surface area contributed by atoms with E-state index in [1.54, 1.807) is 42.4 Å². The molecule has 3 aromatic rings. The Morgan fingerprint density at radius 1 is 1.00 bits per heavy atom. The topological polar surface area (TPSA) is 111 Å². The molecule has 0 atom stereocenters. The molecule has 2 N–H and O–H groups in total. The zero-order valence-electron chi connectivity index (χ0n) is 19.7. The molecule has 1 saturated heterocycles. The number of sulfonamides is 1. The summed E-state index contributed by atoms with van der Waals surface area (Å²) in [6.07, 6.45) is 3.21. The summed E-state index contributed by atoms with van der Waals surface area (Å²) in [6.45, 7) is 1.76. The van der Waals surface area contributed by atoms with E-state index < -0.39 is 10.0 Å². The van der Waals surface area contributed by atoms with Gasteiger partial charge in [-0.25, -0.2) is 18.1 Å². The average Bonchev–Trinajstić information content (AvgIpc) is 3.32. The van der Waals surface area contributed by atoms with Crippen LogP contribution >= 0.6 is 11.3 Å². The minimum Gasteiger partial charge on any atom is -0.326 e. The predicted molar refractivity (Wildman–Crippen MR) is 138 cm³/mol. The molecule has 184 valence electrons. The molecule has 4 heterocycles. The van der Waals surface area contributed by atoms with Gasteiger partial charge in [0, 0.05) is 25.8 Å². The van der Waals surface area contributed by atoms with Crippen LogP contribution in [0.5, 0.6) is 0 Å². The van der Waals surface area contributed by atoms with Crippen molar-refractivity contribution in [3.63, 3.8) is 0 Å². The Morgan fingerprint density at radius 3 is 2.43 bits per heavy atom. The number of carbonyl (C=O) groups is 1. The summed E-state index contributed by atoms with van der Waals surface area (Å²) >= 11 is 1.39. The van der Waals surface area contributed by atoms with Gasteiger partial charge in [-0.05, 0) is 68.7 Å². The fraction of sp³-hybridized carbons (Fsp3) is 0.348. The van der Waals surface area contributed by atoms with Crippen molar-refractivity contribution in [1.29, 1.82) is 0 Å². The number of nitrogens with one attached hydrogen (secondary N) is 2. The number of benzene rings is 1. The zero-order chi connectivity index (χ0) is 24.7. The summed E-state index contributed by atoms with van der Waals surface area (Å²) in [4.78, 5) is 28.3. The van der Waals surface area contributed by atoms with Crippen LogP contribution in [-0.4, -0.2) is 69.5 Å². The SMILES string of the molecule is CN1CCC(NS(=O)(=O)c2ccc(Nc3ncc4c(n3)N(C)c3ccsc3C(=O)N4C)cc2)CC1. The van der Waals surface area contributed by atoms with Gasteiger partial charge in [0.1, 0.15) is 10.6 Å². The third-order valence-electron chi connectivity index (χ3n) is 6.39. The van der Waals surface area contributed by atoms with Gasteiger partial charge >= 0.3 is 0 Å². The second-order valence-electron chi connectivity index (χ2n) is 8.81. The number of rotatable bonds is 5. The molecule has 1 fully saturated rings. The maximum atomic E-state index is 12.8. The molecule has 0 spiro atoms. The van der Waals surface area contributed by atoms with Gasteiger partial charge in [-0.1, -0.05) is 0 Å². The first-order valence-electron chi connectivity index (χ1n) is 11.3. The van der Waals surface area contributed by atoms with Crippen molar-refractivity contribution in [2.45, 2.75) is 23.8 Å². The Labute approximate surface area is 208 Å². The van der Waals surface area contributed by atoms with Crippen molar-refractivity contribution in [3.05, 3.63) is 46.8 Å². The number of anilines is 5. The quantitative estimate of drug-likeness (QED) is 0.536. The van der Waals surface area contributed by atoms with Gasteiger partial charge < -0.3 is 20.0 Å². The smallest absolute Gasteiger partial charge is 0.270 e. The van der Waals surface area contributed by atoms with Gasteiger partial charge in [0.05, 0.1) is 16.8 Å². The summed E-state index contributed by atoms with van der Waals surface area (Å²) in [6, 6.07) is 8.36. The van der Waals surface area contributed by atoms with Crippen molar-refractivity contribution in [1.82, 2.24) is 19.6 Å². The van der Waals surface area contributed by atoms with Crippen LogP contribution in [0.25, 0.3) is 0 Å².